The third kappa shape index (κ3) is 4.22. The molecule has 0 radical (unpaired) electrons. The second kappa shape index (κ2) is 8.15. The average molecular weight is 445 g/mol. The highest BCUT2D eigenvalue weighted by molar-refractivity contribution is 9.10. The number of hydrogen-bond donors (Lipinski definition) is 2. The molecule has 0 atom stereocenters. The highest BCUT2D eigenvalue weighted by Crippen LogP contribution is 2.29. The number of carbonyl (C=O) groups excluding carboxylic acids is 1. The Balaban J connectivity index is 2.39. The fraction of sp³-hybridized carbons (Fsp3) is 0.235. The summed E-state index contributed by atoms with van der Waals surface area (Å²) >= 11 is 3.15. The maximum absolute atomic E-state index is 13.4. The summed E-state index contributed by atoms with van der Waals surface area (Å²) in [6.45, 7) is 4.01. The third-order valence-corrected chi connectivity index (χ3v) is 6.47. The molecule has 1 amide bonds. The van der Waals surface area contributed by atoms with Gasteiger partial charge in [0.05, 0.1) is 16.1 Å². The lowest BCUT2D eigenvalue weighted by atomic mass is 10.2. The first-order valence-corrected chi connectivity index (χ1v) is 10.0. The first-order chi connectivity index (χ1) is 12.2. The van der Waals surface area contributed by atoms with E-state index in [4.69, 9.17) is 0 Å². The SMILES string of the molecule is CCN(CC)S(=O)(=O)c1ccc(O)c(NC(=O)c2cc(F)ccc2Br)c1. The minimum absolute atomic E-state index is 0.0152. The van der Waals surface area contributed by atoms with Crippen molar-refractivity contribution in [1.29, 1.82) is 0 Å². The van der Waals surface area contributed by atoms with E-state index >= 15 is 0 Å². The molecule has 26 heavy (non-hydrogen) atoms. The lowest BCUT2D eigenvalue weighted by molar-refractivity contribution is 0.102. The van der Waals surface area contributed by atoms with Gasteiger partial charge in [-0.05, 0) is 52.3 Å². The van der Waals surface area contributed by atoms with Crippen LogP contribution in [0.25, 0.3) is 0 Å². The number of halogens is 2. The number of nitrogens with one attached hydrogen (secondary N) is 1. The predicted molar refractivity (Wildman–Crippen MR) is 100 cm³/mol. The molecule has 9 heteroatoms. The van der Waals surface area contributed by atoms with Crippen molar-refractivity contribution in [3.8, 4) is 5.75 Å². The van der Waals surface area contributed by atoms with Crippen molar-refractivity contribution >= 4 is 37.5 Å². The molecule has 2 aromatic carbocycles. The Kier molecular flexibility index (Phi) is 6.38. The van der Waals surface area contributed by atoms with Gasteiger partial charge in [0.25, 0.3) is 5.91 Å². The summed E-state index contributed by atoms with van der Waals surface area (Å²) in [6, 6.07) is 7.23. The van der Waals surface area contributed by atoms with E-state index in [1.807, 2.05) is 0 Å². The second-order valence-electron chi connectivity index (χ2n) is 5.35. The van der Waals surface area contributed by atoms with Crippen molar-refractivity contribution in [3.05, 3.63) is 52.3 Å². The van der Waals surface area contributed by atoms with E-state index < -0.39 is 21.7 Å². The molecular formula is C17H18BrFN2O4S. The van der Waals surface area contributed by atoms with Gasteiger partial charge in [-0.25, -0.2) is 12.8 Å². The van der Waals surface area contributed by atoms with E-state index in [0.717, 1.165) is 6.07 Å². The average Bonchev–Trinajstić information content (AvgIpc) is 2.59. The topological polar surface area (TPSA) is 86.7 Å². The summed E-state index contributed by atoms with van der Waals surface area (Å²) < 4.78 is 40.2. The van der Waals surface area contributed by atoms with E-state index in [-0.39, 0.29) is 35.0 Å². The number of hydrogen-bond acceptors (Lipinski definition) is 4. The van der Waals surface area contributed by atoms with Crippen molar-refractivity contribution in [2.75, 3.05) is 18.4 Å². The predicted octanol–water partition coefficient (Wildman–Crippen LogP) is 3.58. The number of sulfonamides is 1. The van der Waals surface area contributed by atoms with Crippen molar-refractivity contribution in [1.82, 2.24) is 4.31 Å². The lowest BCUT2D eigenvalue weighted by Gasteiger charge is -2.19. The van der Waals surface area contributed by atoms with Crippen LogP contribution < -0.4 is 5.32 Å². The molecule has 0 saturated heterocycles. The maximum Gasteiger partial charge on any atom is 0.257 e. The van der Waals surface area contributed by atoms with Crippen LogP contribution in [0.3, 0.4) is 0 Å². The van der Waals surface area contributed by atoms with E-state index in [9.17, 15) is 22.7 Å². The fourth-order valence-corrected chi connectivity index (χ4v) is 4.26. The molecule has 0 spiro atoms. The third-order valence-electron chi connectivity index (χ3n) is 3.73. The van der Waals surface area contributed by atoms with Gasteiger partial charge in [-0.1, -0.05) is 13.8 Å². The number of anilines is 1. The Morgan fingerprint density at radius 2 is 1.85 bits per heavy atom. The van der Waals surface area contributed by atoms with Crippen LogP contribution in [0.1, 0.15) is 24.2 Å². The first-order valence-electron chi connectivity index (χ1n) is 7.80. The van der Waals surface area contributed by atoms with Gasteiger partial charge < -0.3 is 10.4 Å². The van der Waals surface area contributed by atoms with Gasteiger partial charge in [-0.3, -0.25) is 4.79 Å². The number of aromatic hydroxyl groups is 1. The highest BCUT2D eigenvalue weighted by Gasteiger charge is 2.23. The molecule has 2 aromatic rings. The van der Waals surface area contributed by atoms with E-state index in [1.165, 1.54) is 34.6 Å². The number of benzene rings is 2. The van der Waals surface area contributed by atoms with Gasteiger partial charge in [0.1, 0.15) is 11.6 Å². The van der Waals surface area contributed by atoms with Gasteiger partial charge in [0.2, 0.25) is 10.0 Å². The molecule has 0 aliphatic heterocycles. The monoisotopic (exact) mass is 444 g/mol. The van der Waals surface area contributed by atoms with Crippen LogP contribution in [0.2, 0.25) is 0 Å². The number of carbonyl (C=O) groups is 1. The minimum Gasteiger partial charge on any atom is -0.506 e. The molecule has 0 bridgehead atoms. The molecule has 2 rings (SSSR count). The molecule has 0 fully saturated rings. The Morgan fingerprint density at radius 1 is 1.19 bits per heavy atom. The summed E-state index contributed by atoms with van der Waals surface area (Å²) in [7, 11) is -3.75. The number of nitrogens with zero attached hydrogens (tertiary/aromatic N) is 1. The summed E-state index contributed by atoms with van der Waals surface area (Å²) in [5, 5.41) is 12.4. The van der Waals surface area contributed by atoms with Crippen molar-refractivity contribution in [2.24, 2.45) is 0 Å². The smallest absolute Gasteiger partial charge is 0.257 e. The van der Waals surface area contributed by atoms with E-state index in [0.29, 0.717) is 4.47 Å². The highest BCUT2D eigenvalue weighted by atomic mass is 79.9. The summed E-state index contributed by atoms with van der Waals surface area (Å²) in [4.78, 5) is 12.3. The largest absolute Gasteiger partial charge is 0.506 e. The van der Waals surface area contributed by atoms with Gasteiger partial charge >= 0.3 is 0 Å². The van der Waals surface area contributed by atoms with Crippen LogP contribution in [0.4, 0.5) is 10.1 Å². The Hall–Kier alpha value is -1.97. The molecule has 0 saturated carbocycles. The zero-order valence-electron chi connectivity index (χ0n) is 14.2. The van der Waals surface area contributed by atoms with Gasteiger partial charge in [-0.15, -0.1) is 0 Å². The molecule has 6 nitrogen and oxygen atoms in total. The van der Waals surface area contributed by atoms with E-state index in [1.54, 1.807) is 13.8 Å². The first kappa shape index (κ1) is 20.3. The van der Waals surface area contributed by atoms with Gasteiger partial charge in [0, 0.05) is 17.6 Å². The molecule has 0 aliphatic carbocycles. The number of phenolic OH excluding ortho intramolecular Hbond substituents is 1. The Bertz CT molecular complexity index is 930. The molecule has 0 unspecified atom stereocenters. The summed E-state index contributed by atoms with van der Waals surface area (Å²) in [6.07, 6.45) is 0. The number of phenols is 1. The zero-order valence-corrected chi connectivity index (χ0v) is 16.6. The van der Waals surface area contributed by atoms with Crippen LogP contribution in [-0.4, -0.2) is 36.8 Å². The zero-order chi connectivity index (χ0) is 19.5. The van der Waals surface area contributed by atoms with Crippen molar-refractivity contribution in [3.63, 3.8) is 0 Å². The molecule has 0 aliphatic rings. The van der Waals surface area contributed by atoms with Crippen LogP contribution >= 0.6 is 15.9 Å². The van der Waals surface area contributed by atoms with Crippen LogP contribution in [0.5, 0.6) is 5.75 Å². The normalized spacial score (nSPS) is 11.6. The number of amides is 1. The molecule has 0 heterocycles. The summed E-state index contributed by atoms with van der Waals surface area (Å²) in [5.74, 6) is -1.59. The minimum atomic E-state index is -3.75. The molecule has 2 N–H and O–H groups in total. The van der Waals surface area contributed by atoms with Crippen molar-refractivity contribution in [2.45, 2.75) is 18.7 Å². The fourth-order valence-electron chi connectivity index (χ4n) is 2.35. The van der Waals surface area contributed by atoms with Crippen LogP contribution in [0.15, 0.2) is 45.8 Å². The molecular weight excluding hydrogens is 427 g/mol. The quantitative estimate of drug-likeness (QED) is 0.666. The second-order valence-corrected chi connectivity index (χ2v) is 8.14. The maximum atomic E-state index is 13.4. The van der Waals surface area contributed by atoms with Crippen LogP contribution in [0, 0.1) is 5.82 Å². The Morgan fingerprint density at radius 3 is 2.46 bits per heavy atom. The van der Waals surface area contributed by atoms with E-state index in [2.05, 4.69) is 21.2 Å². The molecule has 140 valence electrons. The van der Waals surface area contributed by atoms with Gasteiger partial charge in [-0.2, -0.15) is 4.31 Å². The molecule has 0 aromatic heterocycles. The Labute approximate surface area is 159 Å². The van der Waals surface area contributed by atoms with Gasteiger partial charge in [0.15, 0.2) is 0 Å². The van der Waals surface area contributed by atoms with Crippen LogP contribution in [-0.2, 0) is 10.0 Å². The number of rotatable bonds is 6. The lowest BCUT2D eigenvalue weighted by Crippen LogP contribution is -2.30. The van der Waals surface area contributed by atoms with Crippen molar-refractivity contribution < 1.29 is 22.7 Å². The standard InChI is InChI=1S/C17H18BrFN2O4S/c1-3-21(4-2)26(24,25)12-6-8-16(22)15(10-12)20-17(23)13-9-11(19)5-7-14(13)18/h5-10,22H,3-4H2,1-2H3,(H,20,23). The summed E-state index contributed by atoms with van der Waals surface area (Å²) in [5.41, 5.74) is -0.0687.